The maximum Gasteiger partial charge on any atom is 0.350 e. The highest BCUT2D eigenvalue weighted by Gasteiger charge is 2.16. The summed E-state index contributed by atoms with van der Waals surface area (Å²) >= 11 is 0. The summed E-state index contributed by atoms with van der Waals surface area (Å²) in [5.74, 6) is 0.791. The molecule has 2 aromatic heterocycles. The van der Waals surface area contributed by atoms with Gasteiger partial charge in [-0.2, -0.15) is 0 Å². The van der Waals surface area contributed by atoms with E-state index >= 15 is 0 Å². The van der Waals surface area contributed by atoms with Gasteiger partial charge in [0.25, 0.3) is 0 Å². The van der Waals surface area contributed by atoms with Crippen molar-refractivity contribution in [3.63, 3.8) is 0 Å². The highest BCUT2D eigenvalue weighted by Crippen LogP contribution is 2.15. The fraction of sp³-hybridized carbons (Fsp3) is 0.545. The van der Waals surface area contributed by atoms with Crippen LogP contribution in [0.1, 0.15) is 6.42 Å². The van der Waals surface area contributed by atoms with E-state index in [1.54, 1.807) is 23.8 Å². The first-order valence-corrected chi connectivity index (χ1v) is 6.13. The van der Waals surface area contributed by atoms with Gasteiger partial charge in [0, 0.05) is 39.1 Å². The van der Waals surface area contributed by atoms with Crippen molar-refractivity contribution in [1.29, 1.82) is 0 Å². The first-order valence-electron chi connectivity index (χ1n) is 6.13. The maximum absolute atomic E-state index is 11.8. The third-order valence-electron chi connectivity index (χ3n) is 3.21. The molecule has 3 heterocycles. The molecule has 7 heteroatoms. The monoisotopic (exact) mass is 248 g/mol. The van der Waals surface area contributed by atoms with Crippen LogP contribution >= 0.6 is 0 Å². The zero-order valence-corrected chi connectivity index (χ0v) is 10.3. The van der Waals surface area contributed by atoms with Gasteiger partial charge in [-0.05, 0) is 13.0 Å². The summed E-state index contributed by atoms with van der Waals surface area (Å²) in [7, 11) is 1.66. The zero-order chi connectivity index (χ0) is 12.5. The van der Waals surface area contributed by atoms with Crippen molar-refractivity contribution in [1.82, 2.24) is 24.5 Å². The van der Waals surface area contributed by atoms with Crippen molar-refractivity contribution in [2.75, 3.05) is 31.1 Å². The fourth-order valence-corrected chi connectivity index (χ4v) is 2.28. The third-order valence-corrected chi connectivity index (χ3v) is 3.21. The lowest BCUT2D eigenvalue weighted by molar-refractivity contribution is 0.724. The standard InChI is InChI=1S/C11H16N6O/c1-15-11(18)17-8-5-13-9(10(17)14-15)16-6-2-3-12-4-7-16/h5,8,12H,2-4,6-7H2,1H3. The van der Waals surface area contributed by atoms with Gasteiger partial charge in [0.05, 0.1) is 0 Å². The van der Waals surface area contributed by atoms with Gasteiger partial charge >= 0.3 is 5.69 Å². The number of hydrogen-bond acceptors (Lipinski definition) is 5. The molecule has 0 radical (unpaired) electrons. The minimum Gasteiger partial charge on any atom is -0.352 e. The van der Waals surface area contributed by atoms with Crippen molar-refractivity contribution < 1.29 is 0 Å². The smallest absolute Gasteiger partial charge is 0.350 e. The molecule has 0 unspecified atom stereocenters. The van der Waals surface area contributed by atoms with E-state index in [1.165, 1.54) is 4.68 Å². The quantitative estimate of drug-likeness (QED) is 0.717. The molecule has 96 valence electrons. The summed E-state index contributed by atoms with van der Waals surface area (Å²) in [6.45, 7) is 3.77. The molecule has 0 atom stereocenters. The van der Waals surface area contributed by atoms with E-state index in [0.29, 0.717) is 5.65 Å². The second-order valence-electron chi connectivity index (χ2n) is 4.44. The Morgan fingerprint density at radius 2 is 2.22 bits per heavy atom. The highest BCUT2D eigenvalue weighted by molar-refractivity contribution is 5.63. The van der Waals surface area contributed by atoms with Gasteiger partial charge < -0.3 is 10.2 Å². The summed E-state index contributed by atoms with van der Waals surface area (Å²) in [6, 6.07) is 0. The van der Waals surface area contributed by atoms with Gasteiger partial charge in [-0.1, -0.05) is 0 Å². The van der Waals surface area contributed by atoms with Gasteiger partial charge in [0.2, 0.25) is 5.65 Å². The molecular weight excluding hydrogens is 232 g/mol. The molecule has 0 aliphatic carbocycles. The van der Waals surface area contributed by atoms with E-state index in [2.05, 4.69) is 20.3 Å². The first-order chi connectivity index (χ1) is 8.77. The Kier molecular flexibility index (Phi) is 2.75. The molecule has 1 saturated heterocycles. The molecule has 0 aromatic carbocycles. The zero-order valence-electron chi connectivity index (χ0n) is 10.3. The molecule has 0 saturated carbocycles. The number of hydrogen-bond donors (Lipinski definition) is 1. The van der Waals surface area contributed by atoms with Crippen LogP contribution in [-0.2, 0) is 7.05 Å². The Morgan fingerprint density at radius 3 is 3.11 bits per heavy atom. The van der Waals surface area contributed by atoms with Gasteiger partial charge in [0.1, 0.15) is 0 Å². The van der Waals surface area contributed by atoms with Crippen molar-refractivity contribution in [2.24, 2.45) is 7.05 Å². The second-order valence-corrected chi connectivity index (χ2v) is 4.44. The summed E-state index contributed by atoms with van der Waals surface area (Å²) < 4.78 is 2.89. The van der Waals surface area contributed by atoms with Crippen molar-refractivity contribution >= 4 is 11.5 Å². The summed E-state index contributed by atoms with van der Waals surface area (Å²) in [6.07, 6.45) is 4.38. The topological polar surface area (TPSA) is 67.5 Å². The lowest BCUT2D eigenvalue weighted by Crippen LogP contribution is -2.29. The number of fused-ring (bicyclic) bond motifs is 1. The number of nitrogens with zero attached hydrogens (tertiary/aromatic N) is 5. The minimum absolute atomic E-state index is 0.137. The average Bonchev–Trinajstić information content (AvgIpc) is 2.61. The molecule has 0 spiro atoms. The van der Waals surface area contributed by atoms with Crippen molar-refractivity contribution in [2.45, 2.75) is 6.42 Å². The predicted octanol–water partition coefficient (Wildman–Crippen LogP) is -0.772. The van der Waals surface area contributed by atoms with Crippen LogP contribution in [0.15, 0.2) is 17.2 Å². The highest BCUT2D eigenvalue weighted by atomic mass is 16.2. The van der Waals surface area contributed by atoms with Crippen LogP contribution in [0.2, 0.25) is 0 Å². The second kappa shape index (κ2) is 4.41. The first kappa shape index (κ1) is 11.2. The predicted molar refractivity (Wildman–Crippen MR) is 67.9 cm³/mol. The van der Waals surface area contributed by atoms with Crippen LogP contribution in [0.3, 0.4) is 0 Å². The average molecular weight is 248 g/mol. The van der Waals surface area contributed by atoms with Crippen LogP contribution in [0.25, 0.3) is 5.65 Å². The minimum atomic E-state index is -0.137. The molecule has 1 aliphatic heterocycles. The maximum atomic E-state index is 11.8. The Bertz CT molecular complexity index is 608. The lowest BCUT2D eigenvalue weighted by Gasteiger charge is -2.20. The Balaban J connectivity index is 2.10. The van der Waals surface area contributed by atoms with E-state index < -0.39 is 0 Å². The summed E-state index contributed by atoms with van der Waals surface area (Å²) in [5, 5.41) is 7.61. The van der Waals surface area contributed by atoms with E-state index in [1.807, 2.05) is 0 Å². The molecule has 0 bridgehead atoms. The SMILES string of the molecule is Cn1nc2c(N3CCCNCC3)nccn2c1=O. The van der Waals surface area contributed by atoms with Crippen molar-refractivity contribution in [3.8, 4) is 0 Å². The van der Waals surface area contributed by atoms with Crippen molar-refractivity contribution in [3.05, 3.63) is 22.9 Å². The van der Waals surface area contributed by atoms with Crippen LogP contribution < -0.4 is 15.9 Å². The van der Waals surface area contributed by atoms with Gasteiger partial charge in [-0.15, -0.1) is 5.10 Å². The molecule has 1 aliphatic rings. The van der Waals surface area contributed by atoms with E-state index in [9.17, 15) is 4.79 Å². The van der Waals surface area contributed by atoms with Gasteiger partial charge in [0.15, 0.2) is 5.82 Å². The molecule has 7 nitrogen and oxygen atoms in total. The summed E-state index contributed by atoms with van der Waals surface area (Å²) in [4.78, 5) is 18.4. The third kappa shape index (κ3) is 1.76. The number of anilines is 1. The molecular formula is C11H16N6O. The van der Waals surface area contributed by atoms with Crippen LogP contribution in [0.4, 0.5) is 5.82 Å². The van der Waals surface area contributed by atoms with E-state index in [-0.39, 0.29) is 5.69 Å². The largest absolute Gasteiger partial charge is 0.352 e. The Morgan fingerprint density at radius 1 is 1.33 bits per heavy atom. The fourth-order valence-electron chi connectivity index (χ4n) is 2.28. The molecule has 3 rings (SSSR count). The number of aryl methyl sites for hydroxylation is 1. The lowest BCUT2D eigenvalue weighted by atomic mass is 10.4. The normalized spacial score (nSPS) is 17.1. The van der Waals surface area contributed by atoms with E-state index in [4.69, 9.17) is 0 Å². The Labute approximate surface area is 104 Å². The number of rotatable bonds is 1. The van der Waals surface area contributed by atoms with E-state index in [0.717, 1.165) is 38.4 Å². The summed E-state index contributed by atoms with van der Waals surface area (Å²) in [5.41, 5.74) is 0.494. The number of nitrogens with one attached hydrogen (secondary N) is 1. The Hall–Kier alpha value is -1.89. The van der Waals surface area contributed by atoms with Crippen LogP contribution in [-0.4, -0.2) is 45.3 Å². The molecule has 1 fully saturated rings. The molecule has 18 heavy (non-hydrogen) atoms. The van der Waals surface area contributed by atoms with Gasteiger partial charge in [-0.3, -0.25) is 0 Å². The number of aromatic nitrogens is 4. The van der Waals surface area contributed by atoms with Gasteiger partial charge in [-0.25, -0.2) is 18.9 Å². The molecule has 0 amide bonds. The van der Waals surface area contributed by atoms with Crippen LogP contribution in [0, 0.1) is 0 Å². The van der Waals surface area contributed by atoms with Crippen LogP contribution in [0.5, 0.6) is 0 Å². The molecule has 1 N–H and O–H groups in total. The molecule has 2 aromatic rings.